The predicted octanol–water partition coefficient (Wildman–Crippen LogP) is 3.62. The molecule has 1 heterocycles. The van der Waals surface area contributed by atoms with Crippen LogP contribution in [-0.4, -0.2) is 29.8 Å². The maximum absolute atomic E-state index is 13.0. The molecule has 1 aliphatic rings. The Morgan fingerprint density at radius 2 is 2.12 bits per heavy atom. The average molecular weight is 366 g/mol. The zero-order valence-electron chi connectivity index (χ0n) is 14.4. The highest BCUT2D eigenvalue weighted by atomic mass is 19.4. The van der Waals surface area contributed by atoms with E-state index in [1.165, 1.54) is 18.2 Å². The van der Waals surface area contributed by atoms with Gasteiger partial charge in [0, 0.05) is 25.6 Å². The Labute approximate surface area is 150 Å². The number of amides is 2. The number of halogens is 3. The molecule has 1 saturated heterocycles. The Hall–Kier alpha value is -2.57. The molecular formula is C19H21F3N2O2. The van der Waals surface area contributed by atoms with E-state index in [9.17, 15) is 22.8 Å². The minimum absolute atomic E-state index is 0.0549. The van der Waals surface area contributed by atoms with Crippen molar-refractivity contribution >= 4 is 11.8 Å². The lowest BCUT2D eigenvalue weighted by Gasteiger charge is -2.25. The number of allylic oxidation sites excluding steroid dienone is 3. The first-order valence-corrected chi connectivity index (χ1v) is 8.36. The van der Waals surface area contributed by atoms with Crippen LogP contribution in [-0.2, 0) is 15.8 Å². The molecule has 0 radical (unpaired) electrons. The van der Waals surface area contributed by atoms with Crippen LogP contribution in [0.4, 0.5) is 13.2 Å². The molecule has 7 heteroatoms. The number of carbonyl (C=O) groups is 2. The molecule has 0 aliphatic carbocycles. The maximum Gasteiger partial charge on any atom is 0.416 e. The molecule has 1 N–H and O–H groups in total. The smallest absolute Gasteiger partial charge is 0.344 e. The Bertz CT molecular complexity index is 711. The third kappa shape index (κ3) is 5.47. The summed E-state index contributed by atoms with van der Waals surface area (Å²) in [6, 6.07) is 4.10. The van der Waals surface area contributed by atoms with Gasteiger partial charge in [-0.3, -0.25) is 9.59 Å². The van der Waals surface area contributed by atoms with Crippen LogP contribution in [0.25, 0.3) is 0 Å². The number of carbonyl (C=O) groups excluding carboxylic acids is 2. The van der Waals surface area contributed by atoms with Gasteiger partial charge in [0.2, 0.25) is 11.8 Å². The van der Waals surface area contributed by atoms with Crippen molar-refractivity contribution in [1.29, 1.82) is 0 Å². The van der Waals surface area contributed by atoms with Crippen LogP contribution in [0.15, 0.2) is 48.6 Å². The minimum atomic E-state index is -4.47. The van der Waals surface area contributed by atoms with Gasteiger partial charge in [-0.25, -0.2) is 0 Å². The molecule has 0 aromatic heterocycles. The number of nitrogens with zero attached hydrogens (tertiary/aromatic N) is 1. The molecule has 1 aromatic carbocycles. The van der Waals surface area contributed by atoms with Gasteiger partial charge in [0.1, 0.15) is 0 Å². The van der Waals surface area contributed by atoms with Crippen molar-refractivity contribution < 1.29 is 22.8 Å². The Morgan fingerprint density at radius 3 is 2.73 bits per heavy atom. The van der Waals surface area contributed by atoms with Crippen LogP contribution in [0, 0.1) is 0 Å². The third-order valence-electron chi connectivity index (χ3n) is 4.06. The minimum Gasteiger partial charge on any atom is -0.344 e. The van der Waals surface area contributed by atoms with E-state index in [0.717, 1.165) is 12.1 Å². The molecule has 0 spiro atoms. The van der Waals surface area contributed by atoms with Gasteiger partial charge in [-0.2, -0.15) is 13.2 Å². The lowest BCUT2D eigenvalue weighted by molar-refractivity contribution is -0.137. The van der Waals surface area contributed by atoms with Gasteiger partial charge in [-0.15, -0.1) is 0 Å². The fourth-order valence-electron chi connectivity index (χ4n) is 2.76. The van der Waals surface area contributed by atoms with E-state index in [-0.39, 0.29) is 12.5 Å². The first kappa shape index (κ1) is 19.8. The van der Waals surface area contributed by atoms with Crippen molar-refractivity contribution in [2.24, 2.45) is 0 Å². The number of benzene rings is 1. The van der Waals surface area contributed by atoms with Crippen LogP contribution in [0.2, 0.25) is 0 Å². The van der Waals surface area contributed by atoms with Gasteiger partial charge in [0.15, 0.2) is 0 Å². The number of nitrogens with one attached hydrogen (secondary N) is 1. The van der Waals surface area contributed by atoms with Crippen molar-refractivity contribution in [3.05, 3.63) is 59.7 Å². The van der Waals surface area contributed by atoms with Crippen LogP contribution in [0.3, 0.4) is 0 Å². The van der Waals surface area contributed by atoms with E-state index in [1.807, 2.05) is 0 Å². The van der Waals surface area contributed by atoms with Gasteiger partial charge < -0.3 is 10.2 Å². The topological polar surface area (TPSA) is 49.4 Å². The summed E-state index contributed by atoms with van der Waals surface area (Å²) in [5, 5.41) is 2.70. The lowest BCUT2D eigenvalue weighted by Crippen LogP contribution is -2.38. The van der Waals surface area contributed by atoms with Crippen molar-refractivity contribution in [3.8, 4) is 0 Å². The summed E-state index contributed by atoms with van der Waals surface area (Å²) >= 11 is 0. The fraction of sp³-hybridized carbons (Fsp3) is 0.368. The van der Waals surface area contributed by atoms with E-state index < -0.39 is 23.7 Å². The standard InChI is InChI=1S/C19H21F3N2O2/c1-2-3-4-9-17(25)23-16(13-24-11-6-10-18(24)26)14-7-5-8-15(12-14)19(20,21)22/h2-5,7-9,12,16H,6,10-11,13H2,1H3,(H,23,25)/b3-2+,9-4+. The molecule has 0 bridgehead atoms. The largest absolute Gasteiger partial charge is 0.416 e. The van der Waals surface area contributed by atoms with E-state index in [0.29, 0.717) is 24.9 Å². The van der Waals surface area contributed by atoms with Crippen molar-refractivity contribution in [2.45, 2.75) is 32.0 Å². The molecule has 26 heavy (non-hydrogen) atoms. The summed E-state index contributed by atoms with van der Waals surface area (Å²) in [6.45, 7) is 2.48. The van der Waals surface area contributed by atoms with Crippen LogP contribution < -0.4 is 5.32 Å². The molecule has 1 unspecified atom stereocenters. The first-order valence-electron chi connectivity index (χ1n) is 8.36. The SMILES string of the molecule is C/C=C/C=C/C(=O)NC(CN1CCCC1=O)c1cccc(C(F)(F)F)c1. The number of alkyl halides is 3. The highest BCUT2D eigenvalue weighted by Crippen LogP contribution is 2.31. The van der Waals surface area contributed by atoms with Crippen LogP contribution in [0.1, 0.15) is 36.9 Å². The van der Waals surface area contributed by atoms with E-state index in [1.54, 1.807) is 30.1 Å². The number of rotatable bonds is 6. The molecule has 140 valence electrons. The molecular weight excluding hydrogens is 345 g/mol. The average Bonchev–Trinajstić information content (AvgIpc) is 2.99. The van der Waals surface area contributed by atoms with Crippen molar-refractivity contribution in [3.63, 3.8) is 0 Å². The molecule has 1 fully saturated rings. The lowest BCUT2D eigenvalue weighted by atomic mass is 10.0. The summed E-state index contributed by atoms with van der Waals surface area (Å²) in [7, 11) is 0. The van der Waals surface area contributed by atoms with Gasteiger partial charge in [-0.05, 0) is 31.0 Å². The fourth-order valence-corrected chi connectivity index (χ4v) is 2.76. The van der Waals surface area contributed by atoms with Gasteiger partial charge in [0.25, 0.3) is 0 Å². The summed E-state index contributed by atoms with van der Waals surface area (Å²) < 4.78 is 39.0. The number of hydrogen-bond donors (Lipinski definition) is 1. The van der Waals surface area contributed by atoms with Gasteiger partial charge in [0.05, 0.1) is 11.6 Å². The second kappa shape index (κ2) is 8.69. The quantitative estimate of drug-likeness (QED) is 0.618. The summed E-state index contributed by atoms with van der Waals surface area (Å²) in [4.78, 5) is 25.5. The highest BCUT2D eigenvalue weighted by Gasteiger charge is 2.32. The Morgan fingerprint density at radius 1 is 1.35 bits per heavy atom. The van der Waals surface area contributed by atoms with Crippen LogP contribution >= 0.6 is 0 Å². The molecule has 1 atom stereocenters. The molecule has 2 rings (SSSR count). The highest BCUT2D eigenvalue weighted by molar-refractivity contribution is 5.88. The molecule has 2 amide bonds. The zero-order chi connectivity index (χ0) is 19.2. The molecule has 4 nitrogen and oxygen atoms in total. The monoisotopic (exact) mass is 366 g/mol. The summed E-state index contributed by atoms with van der Waals surface area (Å²) in [5.41, 5.74) is -0.473. The molecule has 1 aliphatic heterocycles. The van der Waals surface area contributed by atoms with E-state index >= 15 is 0 Å². The second-order valence-corrected chi connectivity index (χ2v) is 6.01. The zero-order valence-corrected chi connectivity index (χ0v) is 14.4. The maximum atomic E-state index is 13.0. The van der Waals surface area contributed by atoms with E-state index in [2.05, 4.69) is 5.32 Å². The summed E-state index contributed by atoms with van der Waals surface area (Å²) in [6.07, 6.45) is 2.92. The Balaban J connectivity index is 2.24. The predicted molar refractivity (Wildman–Crippen MR) is 92.1 cm³/mol. The molecule has 1 aromatic rings. The van der Waals surface area contributed by atoms with Crippen molar-refractivity contribution in [1.82, 2.24) is 10.2 Å². The third-order valence-corrected chi connectivity index (χ3v) is 4.06. The normalized spacial score (nSPS) is 16.6. The number of hydrogen-bond acceptors (Lipinski definition) is 2. The summed E-state index contributed by atoms with van der Waals surface area (Å²) in [5.74, 6) is -0.488. The van der Waals surface area contributed by atoms with Crippen LogP contribution in [0.5, 0.6) is 0 Å². The first-order chi connectivity index (χ1) is 12.3. The molecule has 0 saturated carbocycles. The second-order valence-electron chi connectivity index (χ2n) is 6.01. The van der Waals surface area contributed by atoms with Crippen molar-refractivity contribution in [2.75, 3.05) is 13.1 Å². The number of likely N-dealkylation sites (tertiary alicyclic amines) is 1. The van der Waals surface area contributed by atoms with Gasteiger partial charge >= 0.3 is 6.18 Å². The van der Waals surface area contributed by atoms with E-state index in [4.69, 9.17) is 0 Å². The Kier molecular flexibility index (Phi) is 6.60. The van der Waals surface area contributed by atoms with Gasteiger partial charge in [-0.1, -0.05) is 30.4 Å².